The van der Waals surface area contributed by atoms with E-state index in [0.29, 0.717) is 23.9 Å². The van der Waals surface area contributed by atoms with Crippen LogP contribution in [0.4, 0.5) is 0 Å². The molecular formula is C20H24ClNO3. The molecule has 1 amide bonds. The lowest BCUT2D eigenvalue weighted by Gasteiger charge is -2.11. The van der Waals surface area contributed by atoms with Crippen LogP contribution in [-0.4, -0.2) is 31.8 Å². The topological polar surface area (TPSA) is 47.6 Å². The van der Waals surface area contributed by atoms with Crippen LogP contribution in [0.25, 0.3) is 11.1 Å². The maximum atomic E-state index is 11.8. The van der Waals surface area contributed by atoms with E-state index in [0.717, 1.165) is 17.5 Å². The summed E-state index contributed by atoms with van der Waals surface area (Å²) in [4.78, 5) is 11.8. The molecule has 0 aliphatic carbocycles. The molecule has 2 rings (SSSR count). The highest BCUT2D eigenvalue weighted by molar-refractivity contribution is 6.32. The Balaban J connectivity index is 1.78. The summed E-state index contributed by atoms with van der Waals surface area (Å²) in [6.07, 6.45) is 0.983. The van der Waals surface area contributed by atoms with Crippen LogP contribution in [-0.2, 0) is 9.53 Å². The summed E-state index contributed by atoms with van der Waals surface area (Å²) in [7, 11) is 0. The van der Waals surface area contributed by atoms with Crippen LogP contribution in [0.5, 0.6) is 5.75 Å². The van der Waals surface area contributed by atoms with Crippen LogP contribution < -0.4 is 10.1 Å². The Morgan fingerprint density at radius 3 is 2.56 bits per heavy atom. The van der Waals surface area contributed by atoms with Crippen LogP contribution in [0, 0.1) is 0 Å². The number of ether oxygens (including phenoxy) is 2. The van der Waals surface area contributed by atoms with Crippen molar-refractivity contribution in [3.05, 3.63) is 53.6 Å². The summed E-state index contributed by atoms with van der Waals surface area (Å²) in [6.45, 7) is 5.11. The summed E-state index contributed by atoms with van der Waals surface area (Å²) in [5.74, 6) is 0.326. The number of carbonyl (C=O) groups is 1. The first-order valence-corrected chi connectivity index (χ1v) is 8.80. The second kappa shape index (κ2) is 10.1. The monoisotopic (exact) mass is 361 g/mol. The Kier molecular flexibility index (Phi) is 7.76. The molecule has 0 heterocycles. The molecule has 0 aliphatic rings. The first kappa shape index (κ1) is 19.3. The van der Waals surface area contributed by atoms with Crippen LogP contribution >= 0.6 is 11.6 Å². The summed E-state index contributed by atoms with van der Waals surface area (Å²) < 4.78 is 10.9. The maximum Gasteiger partial charge on any atom is 0.257 e. The zero-order valence-electron chi connectivity index (χ0n) is 14.6. The van der Waals surface area contributed by atoms with Gasteiger partial charge in [-0.1, -0.05) is 48.0 Å². The number of rotatable bonds is 9. The van der Waals surface area contributed by atoms with E-state index in [9.17, 15) is 4.79 Å². The largest absolute Gasteiger partial charge is 0.482 e. The van der Waals surface area contributed by atoms with Gasteiger partial charge in [0, 0.05) is 13.2 Å². The molecule has 25 heavy (non-hydrogen) atoms. The third-order valence-electron chi connectivity index (χ3n) is 3.49. The van der Waals surface area contributed by atoms with Gasteiger partial charge in [0.15, 0.2) is 6.61 Å². The van der Waals surface area contributed by atoms with Crippen molar-refractivity contribution in [3.63, 3.8) is 0 Å². The summed E-state index contributed by atoms with van der Waals surface area (Å²) in [5, 5.41) is 3.28. The highest BCUT2D eigenvalue weighted by atomic mass is 35.5. The Hall–Kier alpha value is -2.04. The van der Waals surface area contributed by atoms with Crippen LogP contribution in [0.2, 0.25) is 5.02 Å². The third-order valence-corrected chi connectivity index (χ3v) is 3.79. The van der Waals surface area contributed by atoms with E-state index in [1.807, 2.05) is 56.3 Å². The molecule has 0 unspecified atom stereocenters. The quantitative estimate of drug-likeness (QED) is 0.677. The summed E-state index contributed by atoms with van der Waals surface area (Å²) >= 11 is 6.26. The molecule has 134 valence electrons. The number of hydrogen-bond acceptors (Lipinski definition) is 3. The van der Waals surface area contributed by atoms with E-state index in [2.05, 4.69) is 5.32 Å². The smallest absolute Gasteiger partial charge is 0.257 e. The average molecular weight is 362 g/mol. The van der Waals surface area contributed by atoms with Gasteiger partial charge in [-0.05, 0) is 43.5 Å². The van der Waals surface area contributed by atoms with Gasteiger partial charge in [0.05, 0.1) is 11.1 Å². The highest BCUT2D eigenvalue weighted by Gasteiger charge is 2.07. The molecule has 0 bridgehead atoms. The van der Waals surface area contributed by atoms with Gasteiger partial charge in [-0.15, -0.1) is 0 Å². The highest BCUT2D eigenvalue weighted by Crippen LogP contribution is 2.30. The SMILES string of the molecule is CC(C)OCCCNC(=O)COc1ccc(-c2ccccc2)cc1Cl. The zero-order chi connectivity index (χ0) is 18.1. The summed E-state index contributed by atoms with van der Waals surface area (Å²) in [6, 6.07) is 15.5. The molecule has 0 saturated carbocycles. The number of nitrogens with one attached hydrogen (secondary N) is 1. The van der Waals surface area contributed by atoms with Crippen molar-refractivity contribution in [2.24, 2.45) is 0 Å². The molecular weight excluding hydrogens is 338 g/mol. The standard InChI is InChI=1S/C20H24ClNO3/c1-15(2)24-12-6-11-22-20(23)14-25-19-10-9-17(13-18(19)21)16-7-4-3-5-8-16/h3-5,7-10,13,15H,6,11-12,14H2,1-2H3,(H,22,23). The zero-order valence-corrected chi connectivity index (χ0v) is 15.4. The van der Waals surface area contributed by atoms with Gasteiger partial charge in [-0.3, -0.25) is 4.79 Å². The Labute approximate surface area is 154 Å². The fourth-order valence-corrected chi connectivity index (χ4v) is 2.48. The molecule has 2 aromatic carbocycles. The lowest BCUT2D eigenvalue weighted by molar-refractivity contribution is -0.123. The number of carbonyl (C=O) groups excluding carboxylic acids is 1. The van der Waals surface area contributed by atoms with Crippen LogP contribution in [0.1, 0.15) is 20.3 Å². The molecule has 0 radical (unpaired) electrons. The van der Waals surface area contributed by atoms with E-state index < -0.39 is 0 Å². The molecule has 1 N–H and O–H groups in total. The normalized spacial score (nSPS) is 10.7. The number of amides is 1. The van der Waals surface area contributed by atoms with E-state index in [1.165, 1.54) is 0 Å². The molecule has 2 aromatic rings. The minimum absolute atomic E-state index is 0.0601. The second-order valence-electron chi connectivity index (χ2n) is 5.92. The maximum absolute atomic E-state index is 11.8. The van der Waals surface area contributed by atoms with Crippen LogP contribution in [0.15, 0.2) is 48.5 Å². The minimum Gasteiger partial charge on any atom is -0.482 e. The van der Waals surface area contributed by atoms with E-state index in [1.54, 1.807) is 6.07 Å². The van der Waals surface area contributed by atoms with Crippen molar-refractivity contribution in [1.29, 1.82) is 0 Å². The Morgan fingerprint density at radius 2 is 1.88 bits per heavy atom. The fraction of sp³-hybridized carbons (Fsp3) is 0.350. The first-order valence-electron chi connectivity index (χ1n) is 8.42. The lowest BCUT2D eigenvalue weighted by Crippen LogP contribution is -2.30. The number of benzene rings is 2. The van der Waals surface area contributed by atoms with Crippen molar-refractivity contribution in [2.45, 2.75) is 26.4 Å². The van der Waals surface area contributed by atoms with Crippen molar-refractivity contribution in [1.82, 2.24) is 5.32 Å². The predicted octanol–water partition coefficient (Wildman–Crippen LogP) is 4.32. The first-order chi connectivity index (χ1) is 12.1. The van der Waals surface area contributed by atoms with Gasteiger partial charge in [0.25, 0.3) is 5.91 Å². The van der Waals surface area contributed by atoms with Crippen LogP contribution in [0.3, 0.4) is 0 Å². The molecule has 4 nitrogen and oxygen atoms in total. The number of hydrogen-bond donors (Lipinski definition) is 1. The van der Waals surface area contributed by atoms with Gasteiger partial charge in [0.2, 0.25) is 0 Å². The van der Waals surface area contributed by atoms with E-state index in [-0.39, 0.29) is 18.6 Å². The van der Waals surface area contributed by atoms with Gasteiger partial charge in [-0.2, -0.15) is 0 Å². The minimum atomic E-state index is -0.173. The second-order valence-corrected chi connectivity index (χ2v) is 6.33. The van der Waals surface area contributed by atoms with E-state index in [4.69, 9.17) is 21.1 Å². The molecule has 0 aromatic heterocycles. The van der Waals surface area contributed by atoms with Gasteiger partial charge in [-0.25, -0.2) is 0 Å². The molecule has 0 fully saturated rings. The van der Waals surface area contributed by atoms with Crippen molar-refractivity contribution in [2.75, 3.05) is 19.8 Å². The lowest BCUT2D eigenvalue weighted by atomic mass is 10.1. The van der Waals surface area contributed by atoms with Crippen molar-refractivity contribution >= 4 is 17.5 Å². The molecule has 0 spiro atoms. The molecule has 0 saturated heterocycles. The molecule has 5 heteroatoms. The Bertz CT molecular complexity index is 674. The average Bonchev–Trinajstić information content (AvgIpc) is 2.61. The predicted molar refractivity (Wildman–Crippen MR) is 101 cm³/mol. The van der Waals surface area contributed by atoms with E-state index >= 15 is 0 Å². The van der Waals surface area contributed by atoms with Crippen molar-refractivity contribution < 1.29 is 14.3 Å². The molecule has 0 aliphatic heterocycles. The fourth-order valence-electron chi connectivity index (χ4n) is 2.24. The summed E-state index contributed by atoms with van der Waals surface area (Å²) in [5.41, 5.74) is 2.09. The van der Waals surface area contributed by atoms with Gasteiger partial charge >= 0.3 is 0 Å². The molecule has 0 atom stereocenters. The van der Waals surface area contributed by atoms with Crippen molar-refractivity contribution in [3.8, 4) is 16.9 Å². The third kappa shape index (κ3) is 6.77. The van der Waals surface area contributed by atoms with Gasteiger partial charge in [0.1, 0.15) is 5.75 Å². The Morgan fingerprint density at radius 1 is 1.12 bits per heavy atom. The van der Waals surface area contributed by atoms with Gasteiger partial charge < -0.3 is 14.8 Å². The number of halogens is 1.